The van der Waals surface area contributed by atoms with Crippen LogP contribution in [0.4, 0.5) is 5.69 Å². The van der Waals surface area contributed by atoms with Crippen molar-refractivity contribution in [2.45, 2.75) is 25.2 Å². The number of benzene rings is 1. The van der Waals surface area contributed by atoms with Crippen LogP contribution < -0.4 is 10.5 Å². The summed E-state index contributed by atoms with van der Waals surface area (Å²) in [6.45, 7) is 7.59. The average Bonchev–Trinajstić information content (AvgIpc) is 2.25. The van der Waals surface area contributed by atoms with E-state index >= 15 is 0 Å². The van der Waals surface area contributed by atoms with E-state index < -0.39 is 10.0 Å². The number of hydrogen-bond acceptors (Lipinski definition) is 3. The molecule has 94 valence electrons. The lowest BCUT2D eigenvalue weighted by Gasteiger charge is -2.10. The maximum atomic E-state index is 11.9. The lowest BCUT2D eigenvalue weighted by atomic mass is 10.1. The van der Waals surface area contributed by atoms with Crippen molar-refractivity contribution in [3.8, 4) is 0 Å². The molecule has 1 rings (SSSR count). The van der Waals surface area contributed by atoms with Crippen LogP contribution in [-0.4, -0.2) is 15.0 Å². The topological polar surface area (TPSA) is 72.2 Å². The van der Waals surface area contributed by atoms with Gasteiger partial charge in [-0.05, 0) is 43.5 Å². The normalized spacial score (nSPS) is 11.4. The minimum atomic E-state index is -3.47. The third kappa shape index (κ3) is 3.31. The van der Waals surface area contributed by atoms with Crippen molar-refractivity contribution in [3.05, 3.63) is 35.9 Å². The fraction of sp³-hybridized carbons (Fsp3) is 0.333. The molecule has 0 radical (unpaired) electrons. The molecule has 4 nitrogen and oxygen atoms in total. The van der Waals surface area contributed by atoms with Crippen LogP contribution in [0.3, 0.4) is 0 Å². The highest BCUT2D eigenvalue weighted by Gasteiger charge is 2.15. The largest absolute Gasteiger partial charge is 0.398 e. The Morgan fingerprint density at radius 2 is 2.06 bits per heavy atom. The molecule has 0 aliphatic rings. The minimum absolute atomic E-state index is 0.210. The van der Waals surface area contributed by atoms with Gasteiger partial charge in [0.15, 0.2) is 0 Å². The summed E-state index contributed by atoms with van der Waals surface area (Å²) in [6, 6.07) is 3.11. The van der Waals surface area contributed by atoms with Crippen LogP contribution in [0.1, 0.15) is 17.5 Å². The summed E-state index contributed by atoms with van der Waals surface area (Å²) >= 11 is 0. The quantitative estimate of drug-likeness (QED) is 0.477. The van der Waals surface area contributed by atoms with E-state index in [0.717, 1.165) is 11.1 Å². The number of hydrogen-bond donors (Lipinski definition) is 2. The Labute approximate surface area is 103 Å². The molecule has 0 amide bonds. The summed E-state index contributed by atoms with van der Waals surface area (Å²) in [4.78, 5) is 0.210. The number of anilines is 1. The van der Waals surface area contributed by atoms with Gasteiger partial charge in [0.1, 0.15) is 0 Å². The van der Waals surface area contributed by atoms with Crippen molar-refractivity contribution in [1.29, 1.82) is 0 Å². The van der Waals surface area contributed by atoms with E-state index in [9.17, 15) is 8.42 Å². The lowest BCUT2D eigenvalue weighted by molar-refractivity contribution is 0.582. The zero-order valence-electron chi connectivity index (χ0n) is 10.2. The van der Waals surface area contributed by atoms with Gasteiger partial charge in [0.25, 0.3) is 0 Å². The van der Waals surface area contributed by atoms with Crippen LogP contribution in [0.2, 0.25) is 0 Å². The van der Waals surface area contributed by atoms with Crippen molar-refractivity contribution in [3.63, 3.8) is 0 Å². The Bertz CT molecular complexity index is 498. The fourth-order valence-electron chi connectivity index (χ4n) is 1.39. The summed E-state index contributed by atoms with van der Waals surface area (Å²) < 4.78 is 26.3. The fourth-order valence-corrected chi connectivity index (χ4v) is 2.55. The van der Waals surface area contributed by atoms with Crippen LogP contribution in [0.5, 0.6) is 0 Å². The first kappa shape index (κ1) is 13.7. The van der Waals surface area contributed by atoms with Gasteiger partial charge in [-0.15, -0.1) is 6.58 Å². The Morgan fingerprint density at radius 1 is 1.41 bits per heavy atom. The molecule has 1 aromatic carbocycles. The molecule has 0 atom stereocenters. The van der Waals surface area contributed by atoms with Gasteiger partial charge < -0.3 is 5.73 Å². The Hall–Kier alpha value is -1.33. The van der Waals surface area contributed by atoms with Crippen LogP contribution in [0.15, 0.2) is 29.7 Å². The minimum Gasteiger partial charge on any atom is -0.398 e. The molecule has 0 saturated heterocycles. The summed E-state index contributed by atoms with van der Waals surface area (Å²) in [5, 5.41) is 0. The third-order valence-electron chi connectivity index (χ3n) is 2.63. The predicted molar refractivity (Wildman–Crippen MR) is 70.3 cm³/mol. The maximum absolute atomic E-state index is 11.9. The summed E-state index contributed by atoms with van der Waals surface area (Å²) in [6.07, 6.45) is 2.26. The average molecular weight is 254 g/mol. The molecular weight excluding hydrogens is 236 g/mol. The summed E-state index contributed by atoms with van der Waals surface area (Å²) in [5.41, 5.74) is 8.04. The SMILES string of the molecule is C=CCCNS(=O)(=O)c1cc(C)c(C)c(N)c1. The number of aryl methyl sites for hydroxylation is 1. The van der Waals surface area contributed by atoms with Crippen LogP contribution in [-0.2, 0) is 10.0 Å². The van der Waals surface area contributed by atoms with Crippen LogP contribution in [0, 0.1) is 13.8 Å². The zero-order valence-corrected chi connectivity index (χ0v) is 11.0. The van der Waals surface area contributed by atoms with Gasteiger partial charge in [-0.2, -0.15) is 0 Å². The molecule has 0 fully saturated rings. The number of nitrogens with one attached hydrogen (secondary N) is 1. The summed E-state index contributed by atoms with van der Waals surface area (Å²) in [7, 11) is -3.47. The molecule has 0 aliphatic heterocycles. The molecule has 0 bridgehead atoms. The second-order valence-corrected chi connectivity index (χ2v) is 5.70. The molecule has 3 N–H and O–H groups in total. The van der Waals surface area contributed by atoms with Gasteiger partial charge in [-0.1, -0.05) is 6.08 Å². The molecule has 0 saturated carbocycles. The predicted octanol–water partition coefficient (Wildman–Crippen LogP) is 1.74. The van der Waals surface area contributed by atoms with Gasteiger partial charge in [0.05, 0.1) is 4.90 Å². The van der Waals surface area contributed by atoms with Gasteiger partial charge in [-0.25, -0.2) is 13.1 Å². The molecule has 0 aliphatic carbocycles. The van der Waals surface area contributed by atoms with E-state index in [1.54, 1.807) is 12.1 Å². The second kappa shape index (κ2) is 5.33. The van der Waals surface area contributed by atoms with Crippen LogP contribution >= 0.6 is 0 Å². The molecule has 1 aromatic rings. The van der Waals surface area contributed by atoms with Crippen molar-refractivity contribution in [2.24, 2.45) is 0 Å². The monoisotopic (exact) mass is 254 g/mol. The molecular formula is C12H18N2O2S. The number of nitrogen functional groups attached to an aromatic ring is 1. The van der Waals surface area contributed by atoms with E-state index in [4.69, 9.17) is 5.73 Å². The number of nitrogens with two attached hydrogens (primary N) is 1. The number of sulfonamides is 1. The molecule has 5 heteroatoms. The Morgan fingerprint density at radius 3 is 2.59 bits per heavy atom. The van der Waals surface area contributed by atoms with E-state index in [0.29, 0.717) is 18.7 Å². The molecule has 0 aromatic heterocycles. The van der Waals surface area contributed by atoms with Crippen LogP contribution in [0.25, 0.3) is 0 Å². The highest BCUT2D eigenvalue weighted by Crippen LogP contribution is 2.21. The van der Waals surface area contributed by atoms with Crippen molar-refractivity contribution in [1.82, 2.24) is 4.72 Å². The van der Waals surface area contributed by atoms with E-state index in [1.165, 1.54) is 6.07 Å². The summed E-state index contributed by atoms with van der Waals surface area (Å²) in [5.74, 6) is 0. The lowest BCUT2D eigenvalue weighted by Crippen LogP contribution is -2.24. The molecule has 0 heterocycles. The molecule has 0 unspecified atom stereocenters. The second-order valence-electron chi connectivity index (χ2n) is 3.93. The maximum Gasteiger partial charge on any atom is 0.240 e. The zero-order chi connectivity index (χ0) is 13.1. The van der Waals surface area contributed by atoms with Crippen molar-refractivity contribution in [2.75, 3.05) is 12.3 Å². The Balaban J connectivity index is 3.03. The Kier molecular flexibility index (Phi) is 4.31. The van der Waals surface area contributed by atoms with E-state index in [2.05, 4.69) is 11.3 Å². The van der Waals surface area contributed by atoms with Gasteiger partial charge in [0.2, 0.25) is 10.0 Å². The van der Waals surface area contributed by atoms with E-state index in [-0.39, 0.29) is 4.90 Å². The third-order valence-corrected chi connectivity index (χ3v) is 4.07. The standard InChI is InChI=1S/C12H18N2O2S/c1-4-5-6-14-17(15,16)11-7-9(2)10(3)12(13)8-11/h4,7-8,14H,1,5-6,13H2,2-3H3. The smallest absolute Gasteiger partial charge is 0.240 e. The first-order chi connectivity index (χ1) is 7.88. The molecule has 0 spiro atoms. The van der Waals surface area contributed by atoms with Gasteiger partial charge in [0, 0.05) is 12.2 Å². The van der Waals surface area contributed by atoms with Crippen molar-refractivity contribution < 1.29 is 8.42 Å². The highest BCUT2D eigenvalue weighted by atomic mass is 32.2. The van der Waals surface area contributed by atoms with E-state index in [1.807, 2.05) is 13.8 Å². The van der Waals surface area contributed by atoms with Crippen molar-refractivity contribution >= 4 is 15.7 Å². The molecule has 17 heavy (non-hydrogen) atoms. The van der Waals surface area contributed by atoms with Gasteiger partial charge in [-0.3, -0.25) is 0 Å². The highest BCUT2D eigenvalue weighted by molar-refractivity contribution is 7.89. The number of rotatable bonds is 5. The van der Waals surface area contributed by atoms with Gasteiger partial charge >= 0.3 is 0 Å². The first-order valence-corrected chi connectivity index (χ1v) is 6.84. The first-order valence-electron chi connectivity index (χ1n) is 5.36.